The summed E-state index contributed by atoms with van der Waals surface area (Å²) in [5, 5.41) is 0.949. The Morgan fingerprint density at radius 3 is 1.97 bits per heavy atom. The lowest BCUT2D eigenvalue weighted by molar-refractivity contribution is 0.229. The second-order valence-electron chi connectivity index (χ2n) is 8.06. The summed E-state index contributed by atoms with van der Waals surface area (Å²) in [4.78, 5) is 0. The SMILES string of the molecule is C[C@H](CF)COc1ccc(C(C)(C)c2cc(Cl)c(OC[C@@H](C)CCl)c(Cl)c2)cc1. The van der Waals surface area contributed by atoms with E-state index in [9.17, 15) is 4.39 Å². The van der Waals surface area contributed by atoms with Crippen molar-refractivity contribution < 1.29 is 13.9 Å². The first kappa shape index (κ1) is 24.1. The fourth-order valence-electron chi connectivity index (χ4n) is 2.75. The van der Waals surface area contributed by atoms with Gasteiger partial charge >= 0.3 is 0 Å². The smallest absolute Gasteiger partial charge is 0.156 e. The van der Waals surface area contributed by atoms with Crippen molar-refractivity contribution in [3.8, 4) is 11.5 Å². The third-order valence-electron chi connectivity index (χ3n) is 4.87. The van der Waals surface area contributed by atoms with Gasteiger partial charge in [0.1, 0.15) is 5.75 Å². The van der Waals surface area contributed by atoms with E-state index in [0.717, 1.165) is 16.9 Å². The van der Waals surface area contributed by atoms with Crippen molar-refractivity contribution in [2.75, 3.05) is 25.8 Å². The molecule has 160 valence electrons. The minimum absolute atomic E-state index is 0.122. The minimum Gasteiger partial charge on any atom is -0.493 e. The molecule has 0 saturated carbocycles. The second-order valence-corrected chi connectivity index (χ2v) is 9.18. The molecule has 0 N–H and O–H groups in total. The van der Waals surface area contributed by atoms with Crippen LogP contribution in [0.4, 0.5) is 4.39 Å². The van der Waals surface area contributed by atoms with Crippen LogP contribution in [0.3, 0.4) is 0 Å². The highest BCUT2D eigenvalue weighted by atomic mass is 35.5. The third-order valence-corrected chi connectivity index (χ3v) is 5.96. The largest absolute Gasteiger partial charge is 0.493 e. The Labute approximate surface area is 188 Å². The number of halogens is 4. The summed E-state index contributed by atoms with van der Waals surface area (Å²) >= 11 is 18.8. The molecule has 0 bridgehead atoms. The van der Waals surface area contributed by atoms with Gasteiger partial charge in [-0.2, -0.15) is 0 Å². The summed E-state index contributed by atoms with van der Waals surface area (Å²) in [5.74, 6) is 1.79. The highest BCUT2D eigenvalue weighted by Gasteiger charge is 2.26. The summed E-state index contributed by atoms with van der Waals surface area (Å²) in [6.45, 7) is 8.43. The van der Waals surface area contributed by atoms with Crippen molar-refractivity contribution in [1.29, 1.82) is 0 Å². The van der Waals surface area contributed by atoms with E-state index >= 15 is 0 Å². The fraction of sp³-hybridized carbons (Fsp3) is 0.478. The molecule has 2 atom stereocenters. The second kappa shape index (κ2) is 10.7. The van der Waals surface area contributed by atoms with Gasteiger partial charge in [-0.15, -0.1) is 11.6 Å². The zero-order valence-electron chi connectivity index (χ0n) is 17.3. The maximum Gasteiger partial charge on any atom is 0.156 e. The van der Waals surface area contributed by atoms with Crippen molar-refractivity contribution in [2.24, 2.45) is 11.8 Å². The average Bonchev–Trinajstić information content (AvgIpc) is 2.71. The van der Waals surface area contributed by atoms with Gasteiger partial charge < -0.3 is 9.47 Å². The van der Waals surface area contributed by atoms with Crippen LogP contribution in [0, 0.1) is 11.8 Å². The Morgan fingerprint density at radius 1 is 0.897 bits per heavy atom. The van der Waals surface area contributed by atoms with Gasteiger partial charge in [0, 0.05) is 23.1 Å². The standard InChI is InChI=1S/C23H28Cl3FO2/c1-15(11-24)13-29-22-20(25)9-18(10-21(22)26)23(3,4)17-5-7-19(8-6-17)28-14-16(2)12-27/h5-10,15-16H,11-14H2,1-4H3/t15-,16+/m0/s1. The number of hydrogen-bond donors (Lipinski definition) is 0. The van der Waals surface area contributed by atoms with Crippen LogP contribution in [0.2, 0.25) is 10.0 Å². The average molecular weight is 462 g/mol. The number of ether oxygens (including phenoxy) is 2. The molecule has 0 saturated heterocycles. The van der Waals surface area contributed by atoms with Gasteiger partial charge in [0.05, 0.1) is 29.9 Å². The monoisotopic (exact) mass is 460 g/mol. The van der Waals surface area contributed by atoms with Gasteiger partial charge in [-0.25, -0.2) is 0 Å². The maximum absolute atomic E-state index is 12.6. The van der Waals surface area contributed by atoms with Gasteiger partial charge in [0.25, 0.3) is 0 Å². The van der Waals surface area contributed by atoms with Crippen molar-refractivity contribution >= 4 is 34.8 Å². The van der Waals surface area contributed by atoms with Crippen molar-refractivity contribution in [3.05, 3.63) is 57.6 Å². The summed E-state index contributed by atoms with van der Waals surface area (Å²) < 4.78 is 24.0. The number of benzene rings is 2. The van der Waals surface area contributed by atoms with Crippen LogP contribution >= 0.6 is 34.8 Å². The zero-order valence-corrected chi connectivity index (χ0v) is 19.5. The first-order valence-electron chi connectivity index (χ1n) is 9.66. The molecule has 2 nitrogen and oxygen atoms in total. The summed E-state index contributed by atoms with van der Waals surface area (Å²) in [6.07, 6.45) is 0. The Hall–Kier alpha value is -1.16. The van der Waals surface area contributed by atoms with Crippen LogP contribution in [-0.2, 0) is 5.41 Å². The van der Waals surface area contributed by atoms with Gasteiger partial charge in [0.2, 0.25) is 0 Å². The molecular formula is C23H28Cl3FO2. The lowest BCUT2D eigenvalue weighted by Gasteiger charge is -2.27. The summed E-state index contributed by atoms with van der Waals surface area (Å²) in [5.41, 5.74) is 1.73. The first-order chi connectivity index (χ1) is 13.7. The minimum atomic E-state index is -0.392. The van der Waals surface area contributed by atoms with Crippen LogP contribution in [-0.4, -0.2) is 25.8 Å². The molecule has 6 heteroatoms. The Balaban J connectivity index is 2.19. The lowest BCUT2D eigenvalue weighted by Crippen LogP contribution is -2.19. The lowest BCUT2D eigenvalue weighted by atomic mass is 9.78. The number of rotatable bonds is 10. The van der Waals surface area contributed by atoms with E-state index in [1.54, 1.807) is 0 Å². The van der Waals surface area contributed by atoms with Crippen molar-refractivity contribution in [3.63, 3.8) is 0 Å². The van der Waals surface area contributed by atoms with E-state index in [-0.39, 0.29) is 17.3 Å². The molecule has 0 amide bonds. The van der Waals surface area contributed by atoms with E-state index in [1.165, 1.54) is 0 Å². The summed E-state index contributed by atoms with van der Waals surface area (Å²) in [7, 11) is 0. The topological polar surface area (TPSA) is 18.5 Å². The van der Waals surface area contributed by atoms with Crippen molar-refractivity contribution in [1.82, 2.24) is 0 Å². The first-order valence-corrected chi connectivity index (χ1v) is 11.0. The van der Waals surface area contributed by atoms with E-state index in [1.807, 2.05) is 50.2 Å². The van der Waals surface area contributed by atoms with Gasteiger partial charge in [-0.3, -0.25) is 4.39 Å². The van der Waals surface area contributed by atoms with Crippen LogP contribution in [0.1, 0.15) is 38.8 Å². The Bertz CT molecular complexity index is 770. The number of hydrogen-bond acceptors (Lipinski definition) is 2. The van der Waals surface area contributed by atoms with E-state index < -0.39 is 6.67 Å². The van der Waals surface area contributed by atoms with E-state index in [4.69, 9.17) is 44.3 Å². The molecule has 0 radical (unpaired) electrons. The molecule has 0 aliphatic carbocycles. The van der Waals surface area contributed by atoms with Gasteiger partial charge in [0.15, 0.2) is 5.75 Å². The summed E-state index contributed by atoms with van der Waals surface area (Å²) in [6, 6.07) is 11.6. The highest BCUT2D eigenvalue weighted by Crippen LogP contribution is 2.40. The molecule has 0 spiro atoms. The molecule has 2 aromatic carbocycles. The fourth-order valence-corrected chi connectivity index (χ4v) is 3.43. The van der Waals surface area contributed by atoms with E-state index in [0.29, 0.717) is 34.9 Å². The Morgan fingerprint density at radius 2 is 1.45 bits per heavy atom. The zero-order chi connectivity index (χ0) is 21.6. The van der Waals surface area contributed by atoms with Gasteiger partial charge in [-0.1, -0.05) is 63.0 Å². The molecule has 0 aliphatic heterocycles. The molecular weight excluding hydrogens is 434 g/mol. The van der Waals surface area contributed by atoms with Crippen LogP contribution < -0.4 is 9.47 Å². The molecule has 0 heterocycles. The normalized spacial score (nSPS) is 13.8. The molecule has 2 rings (SSSR count). The maximum atomic E-state index is 12.6. The molecule has 0 unspecified atom stereocenters. The molecule has 0 fully saturated rings. The van der Waals surface area contributed by atoms with E-state index in [2.05, 4.69) is 13.8 Å². The highest BCUT2D eigenvalue weighted by molar-refractivity contribution is 6.37. The number of alkyl halides is 2. The van der Waals surface area contributed by atoms with Crippen molar-refractivity contribution in [2.45, 2.75) is 33.1 Å². The molecule has 2 aromatic rings. The van der Waals surface area contributed by atoms with Gasteiger partial charge in [-0.05, 0) is 35.4 Å². The van der Waals surface area contributed by atoms with Crippen LogP contribution in [0.5, 0.6) is 11.5 Å². The quantitative estimate of drug-likeness (QED) is 0.340. The molecule has 0 aliphatic rings. The molecule has 0 aromatic heterocycles. The third kappa shape index (κ3) is 6.41. The van der Waals surface area contributed by atoms with Crippen LogP contribution in [0.15, 0.2) is 36.4 Å². The Kier molecular flexibility index (Phi) is 8.93. The van der Waals surface area contributed by atoms with Crippen LogP contribution in [0.25, 0.3) is 0 Å². The molecule has 29 heavy (non-hydrogen) atoms. The predicted octanol–water partition coefficient (Wildman–Crippen LogP) is 7.56. The predicted molar refractivity (Wildman–Crippen MR) is 121 cm³/mol.